The second-order valence-electron chi connectivity index (χ2n) is 15.2. The highest BCUT2D eigenvalue weighted by Gasteiger charge is 2.59. The third kappa shape index (κ3) is 5.64. The number of hydrogen-bond donors (Lipinski definition) is 4. The average Bonchev–Trinajstić information content (AvgIpc) is 3.30. The molecule has 4 N–H and O–H groups in total. The van der Waals surface area contributed by atoms with Crippen LogP contribution in [0.4, 0.5) is 0 Å². The van der Waals surface area contributed by atoms with Crippen LogP contribution in [0.25, 0.3) is 0 Å². The van der Waals surface area contributed by atoms with Gasteiger partial charge in [-0.1, -0.05) is 65.3 Å². The highest BCUT2D eigenvalue weighted by atomic mass is 16.7. The van der Waals surface area contributed by atoms with Crippen molar-refractivity contribution in [1.29, 1.82) is 0 Å². The lowest BCUT2D eigenvalue weighted by Crippen LogP contribution is -2.60. The number of fused-ring (bicyclic) bond motifs is 5. The predicted octanol–water partition coefficient (Wildman–Crippen LogP) is 5.63. The Morgan fingerprint density at radius 1 is 0.976 bits per heavy atom. The monoisotopic (exact) mass is 574 g/mol. The van der Waals surface area contributed by atoms with Gasteiger partial charge >= 0.3 is 0 Å². The van der Waals surface area contributed by atoms with Crippen LogP contribution in [0.1, 0.15) is 99.3 Å². The van der Waals surface area contributed by atoms with Gasteiger partial charge in [-0.05, 0) is 110 Å². The summed E-state index contributed by atoms with van der Waals surface area (Å²) in [5.74, 6) is 5.05. The van der Waals surface area contributed by atoms with Crippen molar-refractivity contribution in [3.8, 4) is 0 Å². The molecule has 4 aliphatic carbocycles. The molecule has 0 amide bonds. The normalized spacial score (nSPS) is 47.9. The van der Waals surface area contributed by atoms with Crippen molar-refractivity contribution in [2.75, 3.05) is 6.61 Å². The number of ether oxygens (including phenoxy) is 2. The van der Waals surface area contributed by atoms with Gasteiger partial charge in [-0.3, -0.25) is 0 Å². The quantitative estimate of drug-likeness (QED) is 0.281. The van der Waals surface area contributed by atoms with Crippen LogP contribution in [0.5, 0.6) is 0 Å². The van der Waals surface area contributed by atoms with Crippen LogP contribution < -0.4 is 0 Å². The first-order valence-electron chi connectivity index (χ1n) is 16.8. The molecule has 0 aromatic carbocycles. The van der Waals surface area contributed by atoms with Crippen molar-refractivity contribution < 1.29 is 29.9 Å². The van der Waals surface area contributed by atoms with Crippen molar-refractivity contribution in [2.24, 2.45) is 52.3 Å². The molecule has 14 atom stereocenters. The Morgan fingerprint density at radius 2 is 1.73 bits per heavy atom. The largest absolute Gasteiger partial charge is 0.394 e. The zero-order chi connectivity index (χ0) is 29.7. The summed E-state index contributed by atoms with van der Waals surface area (Å²) >= 11 is 0. The summed E-state index contributed by atoms with van der Waals surface area (Å²) in [6.45, 7) is 14.2. The summed E-state index contributed by atoms with van der Waals surface area (Å²) < 4.78 is 11.9. The third-order valence-corrected chi connectivity index (χ3v) is 12.9. The zero-order valence-corrected chi connectivity index (χ0v) is 26.4. The van der Waals surface area contributed by atoms with Crippen LogP contribution in [0.2, 0.25) is 0 Å². The number of aliphatic hydroxyl groups is 4. The van der Waals surface area contributed by atoms with Crippen molar-refractivity contribution in [2.45, 2.75) is 136 Å². The number of hydrogen-bond acceptors (Lipinski definition) is 6. The van der Waals surface area contributed by atoms with E-state index in [2.05, 4.69) is 59.8 Å². The van der Waals surface area contributed by atoms with E-state index in [0.29, 0.717) is 29.1 Å². The lowest BCUT2D eigenvalue weighted by atomic mass is 9.47. The molecule has 0 aromatic heterocycles. The minimum Gasteiger partial charge on any atom is -0.394 e. The fourth-order valence-electron chi connectivity index (χ4n) is 10.3. The molecule has 0 bridgehead atoms. The molecule has 234 valence electrons. The standard InChI is InChI=1S/C35H58O6/c1-7-22(20(2)3)9-8-21(4)26-12-13-27-25-11-10-23-18-24(14-16-34(23,5)28(25)15-17-35(26,27)6)40-33-32(39)31(38)30(37)29(19-36)41-33/h8-10,20-22,24-33,36-39H,7,11-19H2,1-6H3/b9-8+/t21-,22-,24+,25+,26-,27+,28+,29-,30+,31?,32-,33-,34+,35-/m1/s1. The molecular weight excluding hydrogens is 516 g/mol. The first-order chi connectivity index (χ1) is 19.4. The summed E-state index contributed by atoms with van der Waals surface area (Å²) in [4.78, 5) is 0. The molecule has 5 rings (SSSR count). The van der Waals surface area contributed by atoms with Gasteiger partial charge in [0.2, 0.25) is 0 Å². The smallest absolute Gasteiger partial charge is 0.186 e. The summed E-state index contributed by atoms with van der Waals surface area (Å²) in [6.07, 6.45) is 11.9. The van der Waals surface area contributed by atoms with Gasteiger partial charge in [-0.15, -0.1) is 0 Å². The molecule has 1 heterocycles. The molecule has 0 radical (unpaired) electrons. The van der Waals surface area contributed by atoms with Gasteiger partial charge in [-0.2, -0.15) is 0 Å². The van der Waals surface area contributed by atoms with Crippen LogP contribution in [-0.4, -0.2) is 63.8 Å². The van der Waals surface area contributed by atoms with E-state index in [0.717, 1.165) is 43.4 Å². The molecule has 4 fully saturated rings. The first kappa shape index (κ1) is 31.7. The zero-order valence-electron chi connectivity index (χ0n) is 26.4. The molecule has 41 heavy (non-hydrogen) atoms. The SMILES string of the molecule is CC[C@H](/C=C/[C@@H](C)[C@H]1CC[C@H]2[C@@H]3CC=C4C[C@@H](O[C@@H]5O[C@H](CO)[C@H](O)C(O)[C@H]5O)CC[C@]4(C)[C@H]3CC[C@]12C)C(C)C. The van der Waals surface area contributed by atoms with Crippen LogP contribution >= 0.6 is 0 Å². The van der Waals surface area contributed by atoms with Crippen molar-refractivity contribution in [3.63, 3.8) is 0 Å². The van der Waals surface area contributed by atoms with Crippen molar-refractivity contribution in [3.05, 3.63) is 23.8 Å². The van der Waals surface area contributed by atoms with Crippen LogP contribution in [0.3, 0.4) is 0 Å². The first-order valence-corrected chi connectivity index (χ1v) is 16.8. The van der Waals surface area contributed by atoms with Crippen LogP contribution in [0, 0.1) is 52.3 Å². The Kier molecular flexibility index (Phi) is 9.51. The van der Waals surface area contributed by atoms with E-state index in [4.69, 9.17) is 9.47 Å². The van der Waals surface area contributed by atoms with Gasteiger partial charge in [0.15, 0.2) is 6.29 Å². The summed E-state index contributed by atoms with van der Waals surface area (Å²) in [5, 5.41) is 40.4. The minimum atomic E-state index is -1.40. The summed E-state index contributed by atoms with van der Waals surface area (Å²) in [5.41, 5.74) is 2.11. The van der Waals surface area contributed by atoms with E-state index >= 15 is 0 Å². The highest BCUT2D eigenvalue weighted by molar-refractivity contribution is 5.25. The number of allylic oxidation sites excluding steroid dienone is 3. The highest BCUT2D eigenvalue weighted by Crippen LogP contribution is 2.67. The topological polar surface area (TPSA) is 99.4 Å². The molecular formula is C35H58O6. The third-order valence-electron chi connectivity index (χ3n) is 12.9. The Balaban J connectivity index is 1.26. The maximum Gasteiger partial charge on any atom is 0.186 e. The molecule has 0 aromatic rings. The molecule has 6 heteroatoms. The lowest BCUT2D eigenvalue weighted by molar-refractivity contribution is -0.313. The average molecular weight is 575 g/mol. The predicted molar refractivity (Wildman–Crippen MR) is 161 cm³/mol. The summed E-state index contributed by atoms with van der Waals surface area (Å²) in [6, 6.07) is 0. The summed E-state index contributed by atoms with van der Waals surface area (Å²) in [7, 11) is 0. The van der Waals surface area contributed by atoms with E-state index in [1.165, 1.54) is 37.7 Å². The van der Waals surface area contributed by atoms with E-state index in [9.17, 15) is 20.4 Å². The van der Waals surface area contributed by atoms with Crippen LogP contribution in [0.15, 0.2) is 23.8 Å². The van der Waals surface area contributed by atoms with Crippen molar-refractivity contribution in [1.82, 2.24) is 0 Å². The molecule has 0 spiro atoms. The fourth-order valence-corrected chi connectivity index (χ4v) is 10.3. The Labute approximate surface area is 248 Å². The lowest BCUT2D eigenvalue weighted by Gasteiger charge is -2.58. The van der Waals surface area contributed by atoms with Gasteiger partial charge in [0.05, 0.1) is 12.7 Å². The molecule has 1 unspecified atom stereocenters. The molecule has 6 nitrogen and oxygen atoms in total. The second-order valence-corrected chi connectivity index (χ2v) is 15.2. The van der Waals surface area contributed by atoms with Crippen molar-refractivity contribution >= 4 is 0 Å². The Bertz CT molecular complexity index is 960. The van der Waals surface area contributed by atoms with Gasteiger partial charge in [0, 0.05) is 0 Å². The second kappa shape index (κ2) is 12.3. The maximum atomic E-state index is 10.5. The van der Waals surface area contributed by atoms with E-state index in [-0.39, 0.29) is 11.5 Å². The molecule has 1 saturated heterocycles. The number of aliphatic hydroxyl groups excluding tert-OH is 4. The van der Waals surface area contributed by atoms with Crippen LogP contribution in [-0.2, 0) is 9.47 Å². The molecule has 1 aliphatic heterocycles. The number of rotatable bonds is 8. The molecule has 3 saturated carbocycles. The minimum absolute atomic E-state index is 0.109. The Morgan fingerprint density at radius 3 is 2.41 bits per heavy atom. The van der Waals surface area contributed by atoms with E-state index in [1.54, 1.807) is 0 Å². The fraction of sp³-hybridized carbons (Fsp3) is 0.886. The van der Waals surface area contributed by atoms with E-state index in [1.807, 2.05) is 0 Å². The van der Waals surface area contributed by atoms with Gasteiger partial charge < -0.3 is 29.9 Å². The molecule has 5 aliphatic rings. The van der Waals surface area contributed by atoms with E-state index < -0.39 is 37.3 Å². The maximum absolute atomic E-state index is 10.5. The van der Waals surface area contributed by atoms with Gasteiger partial charge in [0.1, 0.15) is 24.4 Å². The Hall–Kier alpha value is -0.760. The van der Waals surface area contributed by atoms with Gasteiger partial charge in [0.25, 0.3) is 0 Å². The van der Waals surface area contributed by atoms with Gasteiger partial charge in [-0.25, -0.2) is 0 Å².